The van der Waals surface area contributed by atoms with Crippen LogP contribution in [0.2, 0.25) is 0 Å². The zero-order valence-electron chi connectivity index (χ0n) is 53.7. The minimum atomic E-state index is -1.18. The number of primary amides is 1. The molecular formula is C59H111N11O15. The monoisotopic (exact) mass is 1210 g/mol. The summed E-state index contributed by atoms with van der Waals surface area (Å²) in [6.45, 7) is 21.3. The van der Waals surface area contributed by atoms with Crippen molar-refractivity contribution in [3.8, 4) is 0 Å². The van der Waals surface area contributed by atoms with Crippen molar-refractivity contribution in [2.45, 2.75) is 224 Å². The Balaban J connectivity index is 0. The van der Waals surface area contributed by atoms with Crippen molar-refractivity contribution in [2.24, 2.45) is 5.73 Å². The average molecular weight is 1210 g/mol. The molecule has 0 saturated carbocycles. The first-order valence-electron chi connectivity index (χ1n) is 29.9. The maximum Gasteiger partial charge on any atom is 0.242 e. The summed E-state index contributed by atoms with van der Waals surface area (Å²) >= 11 is 0. The molecular weight excluding hydrogens is 1100 g/mol. The molecule has 6 N–H and O–H groups in total. The molecule has 0 rings (SSSR count). The summed E-state index contributed by atoms with van der Waals surface area (Å²) in [6.07, 6.45) is -2.03. The fourth-order valence-electron chi connectivity index (χ4n) is 9.05. The quantitative estimate of drug-likeness (QED) is 0.0565. The van der Waals surface area contributed by atoms with Gasteiger partial charge in [-0.15, -0.1) is 0 Å². The molecule has 0 saturated heterocycles. The minimum absolute atomic E-state index is 0. The van der Waals surface area contributed by atoms with Gasteiger partial charge in [-0.25, -0.2) is 0 Å². The number of aliphatic hydroxyl groups excluding tert-OH is 4. The highest BCUT2D eigenvalue weighted by atomic mass is 16.3. The van der Waals surface area contributed by atoms with E-state index in [4.69, 9.17) is 5.73 Å². The first kappa shape index (κ1) is 81.1. The number of hydrogen-bond donors (Lipinski definition) is 5. The maximum absolute atomic E-state index is 14.5. The van der Waals surface area contributed by atoms with Gasteiger partial charge in [0.25, 0.3) is 0 Å². The lowest BCUT2D eigenvalue weighted by molar-refractivity contribution is -0.152. The van der Waals surface area contributed by atoms with Crippen LogP contribution < -0.4 is 5.73 Å². The zero-order chi connectivity index (χ0) is 65.0. The molecule has 0 aromatic heterocycles. The molecule has 0 spiro atoms. The van der Waals surface area contributed by atoms with Gasteiger partial charge in [0, 0.05) is 69.4 Å². The summed E-state index contributed by atoms with van der Waals surface area (Å²) < 4.78 is 0. The standard InChI is InChI=1S/C58H107N11O15.CH4/c1-18-38(7)64(48(17)74)35-56(82)66(40(9)20-3)33-52(78)60(24-44(13)70)29-50(76)63(27-47(16)73)32-55(81)69(43(12)23-6)37-58(84)67(41(10)21-4)34-53(79)61(25-45(14)71)30-51(77)62(26-46(15)72)31-54(80)68(42(11)22-5)36-57(83)65(28-49(59)75)39(8)19-2;/h38-47,70-73H,18-37H2,1-17H3,(H2,59,75);1H4. The highest BCUT2D eigenvalue weighted by Gasteiger charge is 2.36. The molecule has 0 aliphatic heterocycles. The molecule has 26 heteroatoms. The molecule has 0 aliphatic rings. The highest BCUT2D eigenvalue weighted by molar-refractivity contribution is 5.95. The largest absolute Gasteiger partial charge is 0.392 e. The molecule has 492 valence electrons. The Morgan fingerprint density at radius 3 is 0.659 bits per heavy atom. The Hall–Kier alpha value is -5.99. The Kier molecular flexibility index (Phi) is 38.5. The van der Waals surface area contributed by atoms with Crippen molar-refractivity contribution in [3.05, 3.63) is 0 Å². The van der Waals surface area contributed by atoms with Gasteiger partial charge < -0.3 is 75.2 Å². The van der Waals surface area contributed by atoms with Gasteiger partial charge >= 0.3 is 0 Å². The summed E-state index contributed by atoms with van der Waals surface area (Å²) in [5, 5.41) is 42.2. The fraction of sp³-hybridized carbons (Fsp3) is 0.814. The van der Waals surface area contributed by atoms with Crippen LogP contribution in [0.3, 0.4) is 0 Å². The van der Waals surface area contributed by atoms with Crippen molar-refractivity contribution in [2.75, 3.05) is 91.6 Å². The van der Waals surface area contributed by atoms with E-state index in [2.05, 4.69) is 0 Å². The lowest BCUT2D eigenvalue weighted by atomic mass is 10.1. The van der Waals surface area contributed by atoms with Crippen molar-refractivity contribution in [1.82, 2.24) is 49.0 Å². The highest BCUT2D eigenvalue weighted by Crippen LogP contribution is 2.16. The van der Waals surface area contributed by atoms with Crippen LogP contribution in [-0.4, -0.2) is 287 Å². The van der Waals surface area contributed by atoms with E-state index in [1.54, 1.807) is 55.4 Å². The summed E-state index contributed by atoms with van der Waals surface area (Å²) in [4.78, 5) is 164. The topological polar surface area (TPSA) is 327 Å². The van der Waals surface area contributed by atoms with E-state index in [0.717, 1.165) is 19.6 Å². The van der Waals surface area contributed by atoms with Crippen LogP contribution in [0.15, 0.2) is 0 Å². The van der Waals surface area contributed by atoms with E-state index in [-0.39, 0.29) is 64.7 Å². The van der Waals surface area contributed by atoms with Crippen molar-refractivity contribution in [3.63, 3.8) is 0 Å². The fourth-order valence-corrected chi connectivity index (χ4v) is 9.05. The van der Waals surface area contributed by atoms with Gasteiger partial charge in [-0.2, -0.15) is 0 Å². The number of rotatable bonds is 40. The van der Waals surface area contributed by atoms with Gasteiger partial charge in [0.15, 0.2) is 0 Å². The predicted octanol–water partition coefficient (Wildman–Crippen LogP) is 0.728. The predicted molar refractivity (Wildman–Crippen MR) is 323 cm³/mol. The second kappa shape index (κ2) is 40.4. The molecule has 0 bridgehead atoms. The number of nitrogens with two attached hydrogens (primary N) is 1. The second-order valence-corrected chi connectivity index (χ2v) is 22.8. The van der Waals surface area contributed by atoms with E-state index in [1.807, 2.05) is 27.7 Å². The lowest BCUT2D eigenvalue weighted by Gasteiger charge is -2.37. The number of carbonyl (C=O) groups excluding carboxylic acids is 11. The van der Waals surface area contributed by atoms with Gasteiger partial charge in [0.1, 0.15) is 32.7 Å². The minimum Gasteiger partial charge on any atom is -0.392 e. The number of nitrogens with zero attached hydrogens (tertiary/aromatic N) is 10. The molecule has 0 heterocycles. The number of carbonyl (C=O) groups is 11. The van der Waals surface area contributed by atoms with Crippen molar-refractivity contribution in [1.29, 1.82) is 0 Å². The smallest absolute Gasteiger partial charge is 0.242 e. The molecule has 0 aliphatic carbocycles. The van der Waals surface area contributed by atoms with Crippen LogP contribution >= 0.6 is 0 Å². The first-order valence-corrected chi connectivity index (χ1v) is 29.9. The van der Waals surface area contributed by atoms with Gasteiger partial charge in [-0.05, 0) is 108 Å². The lowest BCUT2D eigenvalue weighted by Crippen LogP contribution is -2.56. The molecule has 0 fully saturated rings. The third-order valence-corrected chi connectivity index (χ3v) is 15.3. The number of amides is 11. The zero-order valence-corrected chi connectivity index (χ0v) is 53.7. The SMILES string of the molecule is C.CCC(C)N(CC(=O)N(CC(=O)N(CC(=O)N(CC(=O)N(CC(=O)N(CC(=O)N(CC(=O)N(CC(=O)N(CC(=O)N(CC(N)=O)C(C)CC)C(C)CC)CC(C)O)CC(C)O)C(C)CC)C(C)CC)CC(C)O)CC(C)O)C(C)CC)C(C)=O. The van der Waals surface area contributed by atoms with Crippen LogP contribution in [-0.2, 0) is 52.7 Å². The van der Waals surface area contributed by atoms with Crippen LogP contribution in [0.1, 0.15) is 164 Å². The van der Waals surface area contributed by atoms with Gasteiger partial charge in [-0.3, -0.25) is 52.7 Å². The summed E-state index contributed by atoms with van der Waals surface area (Å²) in [6, 6.07) is -2.85. The number of aliphatic hydroxyl groups is 4. The van der Waals surface area contributed by atoms with E-state index in [0.29, 0.717) is 38.5 Å². The Morgan fingerprint density at radius 1 is 0.294 bits per heavy atom. The van der Waals surface area contributed by atoms with Crippen LogP contribution in [0.4, 0.5) is 0 Å². The molecule has 10 unspecified atom stereocenters. The molecule has 0 aromatic rings. The molecule has 26 nitrogen and oxygen atoms in total. The van der Waals surface area contributed by atoms with E-state index >= 15 is 0 Å². The van der Waals surface area contributed by atoms with Crippen LogP contribution in [0, 0.1) is 0 Å². The Morgan fingerprint density at radius 2 is 0.459 bits per heavy atom. The molecule has 10 atom stereocenters. The van der Waals surface area contributed by atoms with E-state index < -0.39 is 160 Å². The third kappa shape index (κ3) is 28.4. The van der Waals surface area contributed by atoms with E-state index in [9.17, 15) is 73.2 Å². The molecule has 0 aromatic carbocycles. The van der Waals surface area contributed by atoms with Crippen LogP contribution in [0.5, 0.6) is 0 Å². The Bertz CT molecular complexity index is 2150. The summed E-state index contributed by atoms with van der Waals surface area (Å²) in [7, 11) is 0. The summed E-state index contributed by atoms with van der Waals surface area (Å²) in [5.74, 6) is -7.21. The molecule has 0 radical (unpaired) electrons. The molecule has 11 amide bonds. The second-order valence-electron chi connectivity index (χ2n) is 22.8. The van der Waals surface area contributed by atoms with Gasteiger partial charge in [0.05, 0.1) is 57.1 Å². The molecule has 85 heavy (non-hydrogen) atoms. The number of hydrogen-bond acceptors (Lipinski definition) is 15. The maximum atomic E-state index is 14.5. The van der Waals surface area contributed by atoms with E-state index in [1.165, 1.54) is 64.0 Å². The van der Waals surface area contributed by atoms with Crippen LogP contribution in [0.25, 0.3) is 0 Å². The van der Waals surface area contributed by atoms with Crippen molar-refractivity contribution < 1.29 is 73.2 Å². The summed E-state index contributed by atoms with van der Waals surface area (Å²) in [5.41, 5.74) is 5.45. The third-order valence-electron chi connectivity index (χ3n) is 15.3. The van der Waals surface area contributed by atoms with Crippen molar-refractivity contribution >= 4 is 65.0 Å². The van der Waals surface area contributed by atoms with Gasteiger partial charge in [0.2, 0.25) is 65.0 Å². The van der Waals surface area contributed by atoms with Gasteiger partial charge in [-0.1, -0.05) is 49.0 Å². The average Bonchev–Trinajstić information content (AvgIpc) is 3.43. The normalized spacial score (nSPS) is 14.6. The Labute approximate surface area is 507 Å². The first-order chi connectivity index (χ1) is 39.0.